The monoisotopic (exact) mass is 161 g/mol. The highest BCUT2D eigenvalue weighted by atomic mass is 31.2. The first-order chi connectivity index (χ1) is 4.45. The van der Waals surface area contributed by atoms with Gasteiger partial charge in [-0.15, -0.1) is 0 Å². The van der Waals surface area contributed by atoms with Crippen molar-refractivity contribution in [2.24, 2.45) is 0 Å². The molecule has 5 heteroatoms. The first-order valence-electron chi connectivity index (χ1n) is 2.54. The smallest absolute Gasteiger partial charge is 0.324 e. The second kappa shape index (κ2) is 3.52. The molecule has 0 saturated carbocycles. The van der Waals surface area contributed by atoms with Crippen LogP contribution in [-0.4, -0.2) is 15.9 Å². The maximum atomic E-state index is 10.2. The van der Waals surface area contributed by atoms with E-state index in [-0.39, 0.29) is 18.2 Å². The second-order valence-electron chi connectivity index (χ2n) is 1.91. The summed E-state index contributed by atoms with van der Waals surface area (Å²) >= 11 is 0. The fourth-order valence-corrected chi connectivity index (χ4v) is 1.15. The zero-order valence-corrected chi connectivity index (χ0v) is 6.21. The lowest BCUT2D eigenvalue weighted by molar-refractivity contribution is 0.376. The normalized spacial score (nSPS) is 10.5. The van der Waals surface area contributed by atoms with Crippen LogP contribution in [0.4, 0.5) is 0 Å². The Morgan fingerprint density at radius 1 is 1.70 bits per heavy atom. The van der Waals surface area contributed by atoms with Crippen molar-refractivity contribution in [3.8, 4) is 6.07 Å². The van der Waals surface area contributed by atoms with Crippen molar-refractivity contribution in [2.75, 3.05) is 6.16 Å². The topological polar surface area (TPSA) is 81.3 Å². The molecule has 56 valence electrons. The zero-order chi connectivity index (χ0) is 8.20. The molecule has 0 aromatic rings. The molecule has 0 radical (unpaired) electrons. The van der Waals surface area contributed by atoms with Gasteiger partial charge in [0.1, 0.15) is 0 Å². The summed E-state index contributed by atoms with van der Waals surface area (Å²) in [6, 6.07) is 1.75. The quantitative estimate of drug-likeness (QED) is 0.470. The minimum absolute atomic E-state index is 0.00507. The number of nitrogens with zero attached hydrogens (tertiary/aromatic N) is 1. The van der Waals surface area contributed by atoms with Gasteiger partial charge >= 0.3 is 7.60 Å². The predicted octanol–water partition coefficient (Wildman–Crippen LogP) is 0.634. The Balaban J connectivity index is 3.84. The molecule has 4 nitrogen and oxygen atoms in total. The Labute approximate surface area is 59.0 Å². The van der Waals surface area contributed by atoms with Crippen molar-refractivity contribution < 1.29 is 14.4 Å². The van der Waals surface area contributed by atoms with Crippen molar-refractivity contribution in [3.63, 3.8) is 0 Å². The first kappa shape index (κ1) is 9.38. The van der Waals surface area contributed by atoms with E-state index in [0.717, 1.165) is 0 Å². The van der Waals surface area contributed by atoms with Gasteiger partial charge < -0.3 is 9.79 Å². The fourth-order valence-electron chi connectivity index (χ4n) is 0.459. The molecule has 0 aromatic heterocycles. The largest absolute Gasteiger partial charge is 0.329 e. The summed E-state index contributed by atoms with van der Waals surface area (Å²) in [6.07, 6.45) is -0.383. The summed E-state index contributed by atoms with van der Waals surface area (Å²) in [6.45, 7) is 3.32. The minimum Gasteiger partial charge on any atom is -0.324 e. The zero-order valence-electron chi connectivity index (χ0n) is 5.32. The van der Waals surface area contributed by atoms with Gasteiger partial charge in [0.25, 0.3) is 0 Å². The van der Waals surface area contributed by atoms with Crippen molar-refractivity contribution >= 4 is 7.60 Å². The molecular weight excluding hydrogens is 153 g/mol. The number of rotatable bonds is 3. The molecule has 0 aromatic carbocycles. The number of allylic oxidation sites excluding steroid dienone is 1. The number of hydrogen-bond acceptors (Lipinski definition) is 2. The highest BCUT2D eigenvalue weighted by Gasteiger charge is 2.13. The van der Waals surface area contributed by atoms with Crippen LogP contribution in [0, 0.1) is 11.3 Å². The summed E-state index contributed by atoms with van der Waals surface area (Å²) in [5, 5.41) is 8.07. The minimum atomic E-state index is -4.00. The van der Waals surface area contributed by atoms with Crippen molar-refractivity contribution in [2.45, 2.75) is 6.42 Å². The molecule has 0 rings (SSSR count). The first-order valence-corrected chi connectivity index (χ1v) is 4.33. The van der Waals surface area contributed by atoms with E-state index >= 15 is 0 Å². The molecule has 0 bridgehead atoms. The van der Waals surface area contributed by atoms with Crippen LogP contribution in [0.3, 0.4) is 0 Å². The van der Waals surface area contributed by atoms with Crippen molar-refractivity contribution in [3.05, 3.63) is 12.2 Å². The molecule has 0 aliphatic heterocycles. The van der Waals surface area contributed by atoms with Gasteiger partial charge in [-0.05, 0) is 0 Å². The molecule has 0 heterocycles. The maximum absolute atomic E-state index is 10.2. The molecule has 0 saturated heterocycles. The summed E-state index contributed by atoms with van der Waals surface area (Å²) in [4.78, 5) is 16.7. The third-order valence-electron chi connectivity index (χ3n) is 0.759. The predicted molar refractivity (Wildman–Crippen MR) is 36.3 cm³/mol. The average molecular weight is 161 g/mol. The molecule has 10 heavy (non-hydrogen) atoms. The lowest BCUT2D eigenvalue weighted by Gasteiger charge is -2.01. The van der Waals surface area contributed by atoms with Crippen LogP contribution in [0.5, 0.6) is 0 Å². The van der Waals surface area contributed by atoms with E-state index in [1.165, 1.54) is 0 Å². The summed E-state index contributed by atoms with van der Waals surface area (Å²) < 4.78 is 10.2. The lowest BCUT2D eigenvalue weighted by atomic mass is 10.3. The molecule has 0 aliphatic carbocycles. The lowest BCUT2D eigenvalue weighted by Crippen LogP contribution is -1.90. The van der Waals surface area contributed by atoms with E-state index in [0.29, 0.717) is 0 Å². The second-order valence-corrected chi connectivity index (χ2v) is 3.55. The molecule has 0 amide bonds. The van der Waals surface area contributed by atoms with Gasteiger partial charge in [0.05, 0.1) is 18.7 Å². The maximum Gasteiger partial charge on any atom is 0.329 e. The van der Waals surface area contributed by atoms with Gasteiger partial charge in [0, 0.05) is 0 Å². The Bertz CT molecular complexity index is 211. The van der Waals surface area contributed by atoms with E-state index in [1.54, 1.807) is 6.07 Å². The summed E-state index contributed by atoms with van der Waals surface area (Å²) in [5.74, 6) is 0. The van der Waals surface area contributed by atoms with Crippen LogP contribution in [0.2, 0.25) is 0 Å². The fraction of sp³-hybridized carbons (Fsp3) is 0.400. The van der Waals surface area contributed by atoms with Crippen molar-refractivity contribution in [1.82, 2.24) is 0 Å². The summed E-state index contributed by atoms with van der Waals surface area (Å²) in [7, 11) is -4.00. The van der Waals surface area contributed by atoms with E-state index in [4.69, 9.17) is 15.0 Å². The third-order valence-corrected chi connectivity index (χ3v) is 1.62. The molecule has 0 fully saturated rings. The van der Waals surface area contributed by atoms with Gasteiger partial charge in [0.15, 0.2) is 0 Å². The van der Waals surface area contributed by atoms with E-state index < -0.39 is 7.60 Å². The average Bonchev–Trinajstić information content (AvgIpc) is 1.59. The van der Waals surface area contributed by atoms with E-state index in [9.17, 15) is 4.57 Å². The molecular formula is C5H8NO3P. The molecule has 2 N–H and O–H groups in total. The van der Waals surface area contributed by atoms with Crippen LogP contribution in [-0.2, 0) is 4.57 Å². The van der Waals surface area contributed by atoms with Gasteiger partial charge in [-0.25, -0.2) is 0 Å². The number of hydrogen-bond donors (Lipinski definition) is 2. The Morgan fingerprint density at radius 3 is 2.50 bits per heavy atom. The molecule has 0 aliphatic rings. The van der Waals surface area contributed by atoms with Crippen LogP contribution < -0.4 is 0 Å². The van der Waals surface area contributed by atoms with Crippen LogP contribution in [0.25, 0.3) is 0 Å². The summed E-state index contributed by atoms with van der Waals surface area (Å²) in [5.41, 5.74) is 0.274. The Morgan fingerprint density at radius 2 is 2.20 bits per heavy atom. The van der Waals surface area contributed by atoms with Gasteiger partial charge in [-0.1, -0.05) is 12.2 Å². The van der Waals surface area contributed by atoms with Crippen LogP contribution >= 0.6 is 7.60 Å². The van der Waals surface area contributed by atoms with Gasteiger partial charge in [-0.2, -0.15) is 5.26 Å². The Kier molecular flexibility index (Phi) is 3.31. The van der Waals surface area contributed by atoms with E-state index in [2.05, 4.69) is 6.58 Å². The standard InChI is InChI=1S/C5H8NO3P/c1-5(2-3-6)4-10(7,8)9/h1-2,4H2,(H2,7,8,9). The number of nitriles is 1. The SMILES string of the molecule is C=C(CC#N)CP(=O)(O)O. The van der Waals surface area contributed by atoms with Gasteiger partial charge in [-0.3, -0.25) is 4.57 Å². The third kappa shape index (κ3) is 5.52. The molecule has 0 atom stereocenters. The molecule has 0 unspecified atom stereocenters. The highest BCUT2D eigenvalue weighted by Crippen LogP contribution is 2.36. The van der Waals surface area contributed by atoms with E-state index in [1.807, 2.05) is 0 Å². The van der Waals surface area contributed by atoms with Gasteiger partial charge in [0.2, 0.25) is 0 Å². The molecule has 0 spiro atoms. The Hall–Kier alpha value is -0.620. The van der Waals surface area contributed by atoms with Crippen LogP contribution in [0.1, 0.15) is 6.42 Å². The van der Waals surface area contributed by atoms with Crippen LogP contribution in [0.15, 0.2) is 12.2 Å². The highest BCUT2D eigenvalue weighted by molar-refractivity contribution is 7.52. The van der Waals surface area contributed by atoms with Crippen molar-refractivity contribution in [1.29, 1.82) is 5.26 Å².